The zero-order chi connectivity index (χ0) is 17.2. The number of nitrogens with one attached hydrogen (secondary N) is 2. The molecule has 0 heterocycles. The van der Waals surface area contributed by atoms with Gasteiger partial charge in [-0.1, -0.05) is 19.8 Å². The lowest BCUT2D eigenvalue weighted by atomic mass is 10.1. The molecule has 0 aliphatic rings. The fraction of sp³-hybridized carbons (Fsp3) is 0.800. The maximum Gasteiger partial charge on any atom is 0.408 e. The SMILES string of the molecule is CCCC[C@H](NC(=O)OC(C)(C)C)C(=O)NCC(=O)OCC. The van der Waals surface area contributed by atoms with E-state index in [-0.39, 0.29) is 13.2 Å². The van der Waals surface area contributed by atoms with E-state index in [2.05, 4.69) is 10.6 Å². The van der Waals surface area contributed by atoms with Crippen LogP contribution in [-0.4, -0.2) is 42.8 Å². The number of carbonyl (C=O) groups excluding carboxylic acids is 3. The van der Waals surface area contributed by atoms with E-state index in [0.717, 1.165) is 12.8 Å². The Bertz CT molecular complexity index is 377. The van der Waals surface area contributed by atoms with Gasteiger partial charge >= 0.3 is 12.1 Å². The summed E-state index contributed by atoms with van der Waals surface area (Å²) in [4.78, 5) is 35.1. The van der Waals surface area contributed by atoms with Gasteiger partial charge in [0, 0.05) is 0 Å². The summed E-state index contributed by atoms with van der Waals surface area (Å²) in [5, 5.41) is 5.00. The van der Waals surface area contributed by atoms with Gasteiger partial charge in [0.25, 0.3) is 0 Å². The van der Waals surface area contributed by atoms with Crippen molar-refractivity contribution in [3.8, 4) is 0 Å². The highest BCUT2D eigenvalue weighted by atomic mass is 16.6. The van der Waals surface area contributed by atoms with Crippen LogP contribution >= 0.6 is 0 Å². The first-order valence-electron chi connectivity index (χ1n) is 7.62. The third-order valence-corrected chi connectivity index (χ3v) is 2.57. The molecule has 0 aliphatic carbocycles. The van der Waals surface area contributed by atoms with Gasteiger partial charge in [-0.05, 0) is 34.1 Å². The number of unbranched alkanes of at least 4 members (excludes halogenated alkanes) is 1. The summed E-state index contributed by atoms with van der Waals surface area (Å²) >= 11 is 0. The molecular formula is C15H28N2O5. The Morgan fingerprint density at radius 2 is 1.77 bits per heavy atom. The van der Waals surface area contributed by atoms with Crippen LogP contribution in [0.3, 0.4) is 0 Å². The molecule has 2 N–H and O–H groups in total. The highest BCUT2D eigenvalue weighted by molar-refractivity contribution is 5.88. The first-order valence-corrected chi connectivity index (χ1v) is 7.62. The minimum Gasteiger partial charge on any atom is -0.465 e. The number of hydrogen-bond donors (Lipinski definition) is 2. The molecule has 0 saturated heterocycles. The summed E-state index contributed by atoms with van der Waals surface area (Å²) in [6.07, 6.45) is 1.48. The first-order chi connectivity index (χ1) is 10.2. The number of esters is 1. The molecule has 0 spiro atoms. The summed E-state index contributed by atoms with van der Waals surface area (Å²) in [7, 11) is 0. The zero-order valence-electron chi connectivity index (χ0n) is 14.2. The fourth-order valence-electron chi connectivity index (χ4n) is 1.62. The maximum atomic E-state index is 12.1. The summed E-state index contributed by atoms with van der Waals surface area (Å²) in [6.45, 7) is 8.95. The average molecular weight is 316 g/mol. The lowest BCUT2D eigenvalue weighted by molar-refractivity contribution is -0.143. The van der Waals surface area contributed by atoms with Crippen LogP contribution in [-0.2, 0) is 19.1 Å². The predicted molar refractivity (Wildman–Crippen MR) is 82.3 cm³/mol. The molecule has 22 heavy (non-hydrogen) atoms. The molecule has 0 aromatic rings. The normalized spacial score (nSPS) is 12.2. The predicted octanol–water partition coefficient (Wildman–Crippen LogP) is 1.75. The van der Waals surface area contributed by atoms with E-state index >= 15 is 0 Å². The second-order valence-corrected chi connectivity index (χ2v) is 5.86. The van der Waals surface area contributed by atoms with Crippen molar-refractivity contribution in [2.24, 2.45) is 0 Å². The van der Waals surface area contributed by atoms with Crippen LogP contribution in [0, 0.1) is 0 Å². The fourth-order valence-corrected chi connectivity index (χ4v) is 1.62. The standard InChI is InChI=1S/C15H28N2O5/c1-6-8-9-11(17-14(20)22-15(3,4)5)13(19)16-10-12(18)21-7-2/h11H,6-10H2,1-5H3,(H,16,19)(H,17,20)/t11-/m0/s1. The molecule has 128 valence electrons. The van der Waals surface area contributed by atoms with E-state index in [4.69, 9.17) is 9.47 Å². The Labute approximate surface area is 132 Å². The van der Waals surface area contributed by atoms with Gasteiger partial charge in [-0.3, -0.25) is 9.59 Å². The molecule has 0 aliphatic heterocycles. The third kappa shape index (κ3) is 10.0. The monoisotopic (exact) mass is 316 g/mol. The van der Waals surface area contributed by atoms with Gasteiger partial charge < -0.3 is 20.1 Å². The number of ether oxygens (including phenoxy) is 2. The van der Waals surface area contributed by atoms with Gasteiger partial charge in [0.2, 0.25) is 5.91 Å². The van der Waals surface area contributed by atoms with E-state index in [1.807, 2.05) is 6.92 Å². The Hall–Kier alpha value is -1.79. The number of amides is 2. The average Bonchev–Trinajstić information content (AvgIpc) is 2.39. The van der Waals surface area contributed by atoms with E-state index in [1.165, 1.54) is 0 Å². The highest BCUT2D eigenvalue weighted by Crippen LogP contribution is 2.08. The summed E-state index contributed by atoms with van der Waals surface area (Å²) in [5.41, 5.74) is -0.638. The third-order valence-electron chi connectivity index (χ3n) is 2.57. The molecule has 0 bridgehead atoms. The Kier molecular flexibility index (Phi) is 9.21. The molecule has 1 atom stereocenters. The van der Waals surface area contributed by atoms with E-state index in [1.54, 1.807) is 27.7 Å². The molecule has 0 fully saturated rings. The molecule has 7 heteroatoms. The number of alkyl carbamates (subject to hydrolysis) is 1. The Morgan fingerprint density at radius 1 is 1.14 bits per heavy atom. The lowest BCUT2D eigenvalue weighted by Crippen LogP contribution is -2.49. The van der Waals surface area contributed by atoms with Crippen LogP contribution in [0.5, 0.6) is 0 Å². The highest BCUT2D eigenvalue weighted by Gasteiger charge is 2.24. The van der Waals surface area contributed by atoms with E-state index in [9.17, 15) is 14.4 Å². The molecule has 0 radical (unpaired) electrons. The summed E-state index contributed by atoms with van der Waals surface area (Å²) < 4.78 is 9.88. The van der Waals surface area contributed by atoms with Crippen molar-refractivity contribution in [3.63, 3.8) is 0 Å². The van der Waals surface area contributed by atoms with Crippen LogP contribution in [0.25, 0.3) is 0 Å². The van der Waals surface area contributed by atoms with Crippen molar-refractivity contribution in [1.82, 2.24) is 10.6 Å². The summed E-state index contributed by atoms with van der Waals surface area (Å²) in [6, 6.07) is -0.732. The minimum atomic E-state index is -0.732. The van der Waals surface area contributed by atoms with Crippen LogP contribution in [0.15, 0.2) is 0 Å². The molecule has 0 saturated carbocycles. The van der Waals surface area contributed by atoms with E-state index < -0.39 is 29.6 Å². The van der Waals surface area contributed by atoms with Gasteiger partial charge in [-0.25, -0.2) is 4.79 Å². The van der Waals surface area contributed by atoms with Gasteiger partial charge in [0.1, 0.15) is 18.2 Å². The van der Waals surface area contributed by atoms with Crippen molar-refractivity contribution in [2.75, 3.05) is 13.2 Å². The molecule has 0 unspecified atom stereocenters. The first kappa shape index (κ1) is 20.2. The quantitative estimate of drug-likeness (QED) is 0.665. The summed E-state index contributed by atoms with van der Waals surface area (Å²) in [5.74, 6) is -0.935. The maximum absolute atomic E-state index is 12.1. The van der Waals surface area contributed by atoms with Crippen LogP contribution in [0.4, 0.5) is 4.79 Å². The second kappa shape index (κ2) is 10.0. The zero-order valence-corrected chi connectivity index (χ0v) is 14.2. The Morgan fingerprint density at radius 3 is 2.27 bits per heavy atom. The second-order valence-electron chi connectivity index (χ2n) is 5.86. The van der Waals surface area contributed by atoms with Crippen LogP contribution < -0.4 is 10.6 Å². The van der Waals surface area contributed by atoms with Gasteiger partial charge in [-0.2, -0.15) is 0 Å². The van der Waals surface area contributed by atoms with Crippen LogP contribution in [0.1, 0.15) is 53.9 Å². The van der Waals surface area contributed by atoms with Crippen molar-refractivity contribution in [1.29, 1.82) is 0 Å². The smallest absolute Gasteiger partial charge is 0.408 e. The molecule has 0 aromatic carbocycles. The topological polar surface area (TPSA) is 93.7 Å². The largest absolute Gasteiger partial charge is 0.465 e. The minimum absolute atomic E-state index is 0.217. The van der Waals surface area contributed by atoms with Crippen molar-refractivity contribution in [2.45, 2.75) is 65.5 Å². The van der Waals surface area contributed by atoms with Crippen molar-refractivity contribution in [3.05, 3.63) is 0 Å². The molecule has 2 amide bonds. The Balaban J connectivity index is 4.51. The lowest BCUT2D eigenvalue weighted by Gasteiger charge is -2.23. The van der Waals surface area contributed by atoms with Gasteiger partial charge in [-0.15, -0.1) is 0 Å². The van der Waals surface area contributed by atoms with Crippen LogP contribution in [0.2, 0.25) is 0 Å². The van der Waals surface area contributed by atoms with Gasteiger partial charge in [0.05, 0.1) is 6.61 Å². The van der Waals surface area contributed by atoms with Crippen molar-refractivity contribution < 1.29 is 23.9 Å². The molecule has 0 aromatic heterocycles. The molecular weight excluding hydrogens is 288 g/mol. The van der Waals surface area contributed by atoms with Gasteiger partial charge in [0.15, 0.2) is 0 Å². The number of carbonyl (C=O) groups is 3. The number of hydrogen-bond acceptors (Lipinski definition) is 5. The molecule has 0 rings (SSSR count). The number of rotatable bonds is 8. The van der Waals surface area contributed by atoms with E-state index in [0.29, 0.717) is 6.42 Å². The van der Waals surface area contributed by atoms with Crippen molar-refractivity contribution >= 4 is 18.0 Å². The molecule has 7 nitrogen and oxygen atoms in total.